The Morgan fingerprint density at radius 1 is 1.18 bits per heavy atom. The number of esters is 1. The topological polar surface area (TPSA) is 120 Å². The highest BCUT2D eigenvalue weighted by atomic mass is 16.5. The van der Waals surface area contributed by atoms with Crippen molar-refractivity contribution in [3.05, 3.63) is 30.0 Å². The number of carbonyl (C=O) groups excluding carboxylic acids is 3. The summed E-state index contributed by atoms with van der Waals surface area (Å²) in [7, 11) is 3.07. The maximum absolute atomic E-state index is 12.8. The van der Waals surface area contributed by atoms with Gasteiger partial charge in [0, 0.05) is 19.2 Å². The smallest absolute Gasteiger partial charge is 0.309 e. The van der Waals surface area contributed by atoms with Crippen molar-refractivity contribution in [1.82, 2.24) is 15.4 Å². The molecule has 2 aromatic rings. The summed E-state index contributed by atoms with van der Waals surface area (Å²) in [4.78, 5) is 39.0. The number of amides is 2. The van der Waals surface area contributed by atoms with Crippen LogP contribution >= 0.6 is 0 Å². The number of nitrogens with zero attached hydrogens (tertiary/aromatic N) is 2. The highest BCUT2D eigenvalue weighted by molar-refractivity contribution is 5.96. The van der Waals surface area contributed by atoms with Crippen molar-refractivity contribution in [2.45, 2.75) is 32.7 Å². The summed E-state index contributed by atoms with van der Waals surface area (Å²) in [6.07, 6.45) is 1.08. The van der Waals surface area contributed by atoms with Gasteiger partial charge >= 0.3 is 5.97 Å². The summed E-state index contributed by atoms with van der Waals surface area (Å²) < 4.78 is 21.0. The Balaban J connectivity index is 1.60. The Labute approximate surface area is 192 Å². The maximum Gasteiger partial charge on any atom is 0.309 e. The van der Waals surface area contributed by atoms with Crippen LogP contribution in [0.3, 0.4) is 0 Å². The molecule has 2 amide bonds. The maximum atomic E-state index is 12.8. The van der Waals surface area contributed by atoms with Gasteiger partial charge in [0.05, 0.1) is 32.3 Å². The molecule has 1 N–H and O–H groups in total. The second kappa shape index (κ2) is 10.8. The van der Waals surface area contributed by atoms with Gasteiger partial charge in [0.2, 0.25) is 5.91 Å². The summed E-state index contributed by atoms with van der Waals surface area (Å²) in [5.74, 6) is 0.295. The minimum atomic E-state index is -0.761. The zero-order chi connectivity index (χ0) is 24.0. The number of piperidine rings is 1. The van der Waals surface area contributed by atoms with E-state index in [1.165, 1.54) is 13.2 Å². The fraction of sp³-hybridized carbons (Fsp3) is 0.478. The number of hydrogen-bond acceptors (Lipinski definition) is 8. The monoisotopic (exact) mass is 459 g/mol. The van der Waals surface area contributed by atoms with Crippen molar-refractivity contribution in [2.75, 3.05) is 33.9 Å². The lowest BCUT2D eigenvalue weighted by Gasteiger charge is -2.32. The van der Waals surface area contributed by atoms with Crippen molar-refractivity contribution in [1.29, 1.82) is 0 Å². The van der Waals surface area contributed by atoms with Crippen molar-refractivity contribution < 1.29 is 33.1 Å². The third-order valence-corrected chi connectivity index (χ3v) is 5.56. The number of benzene rings is 1. The molecule has 0 bridgehead atoms. The van der Waals surface area contributed by atoms with Gasteiger partial charge in [0.1, 0.15) is 17.5 Å². The molecule has 0 radical (unpaired) electrons. The number of aromatic nitrogens is 1. The molecular formula is C23H29N3O7. The minimum Gasteiger partial charge on any atom is -0.497 e. The first-order valence-electron chi connectivity index (χ1n) is 10.8. The molecule has 10 nitrogen and oxygen atoms in total. The van der Waals surface area contributed by atoms with E-state index in [4.69, 9.17) is 18.7 Å². The van der Waals surface area contributed by atoms with Crippen molar-refractivity contribution >= 4 is 17.8 Å². The van der Waals surface area contributed by atoms with E-state index in [2.05, 4.69) is 10.5 Å². The van der Waals surface area contributed by atoms with Crippen molar-refractivity contribution in [3.8, 4) is 22.8 Å². The summed E-state index contributed by atoms with van der Waals surface area (Å²) in [6.45, 7) is 4.60. The Morgan fingerprint density at radius 3 is 2.55 bits per heavy atom. The Kier molecular flexibility index (Phi) is 7.92. The molecule has 10 heteroatoms. The number of methoxy groups -OCH3 is 2. The van der Waals surface area contributed by atoms with E-state index in [0.717, 1.165) is 0 Å². The second-order valence-electron chi connectivity index (χ2n) is 7.69. The van der Waals surface area contributed by atoms with Crippen LogP contribution in [-0.2, 0) is 14.3 Å². The predicted molar refractivity (Wildman–Crippen MR) is 118 cm³/mol. The summed E-state index contributed by atoms with van der Waals surface area (Å²) >= 11 is 0. The van der Waals surface area contributed by atoms with E-state index >= 15 is 0 Å². The number of ether oxygens (including phenoxy) is 3. The summed E-state index contributed by atoms with van der Waals surface area (Å²) in [6, 6.07) is 5.90. The normalized spacial score (nSPS) is 15.0. The predicted octanol–water partition coefficient (Wildman–Crippen LogP) is 2.28. The van der Waals surface area contributed by atoms with Crippen LogP contribution in [0.1, 0.15) is 37.2 Å². The number of likely N-dealkylation sites (tertiary alicyclic amines) is 1. The molecule has 1 aromatic heterocycles. The van der Waals surface area contributed by atoms with E-state index in [1.807, 2.05) is 0 Å². The fourth-order valence-corrected chi connectivity index (χ4v) is 3.72. The fourth-order valence-electron chi connectivity index (χ4n) is 3.72. The zero-order valence-corrected chi connectivity index (χ0v) is 19.3. The lowest BCUT2D eigenvalue weighted by Crippen LogP contribution is -2.50. The highest BCUT2D eigenvalue weighted by Gasteiger charge is 2.31. The van der Waals surface area contributed by atoms with E-state index in [9.17, 15) is 14.4 Å². The van der Waals surface area contributed by atoms with Gasteiger partial charge in [0.15, 0.2) is 11.5 Å². The average molecular weight is 459 g/mol. The van der Waals surface area contributed by atoms with Gasteiger partial charge < -0.3 is 29.0 Å². The molecule has 1 fully saturated rings. The van der Waals surface area contributed by atoms with Crippen LogP contribution in [0.4, 0.5) is 0 Å². The van der Waals surface area contributed by atoms with Gasteiger partial charge in [-0.3, -0.25) is 14.4 Å². The van der Waals surface area contributed by atoms with Gasteiger partial charge in [0.25, 0.3) is 5.91 Å². The molecule has 178 valence electrons. The first-order chi connectivity index (χ1) is 15.9. The number of hydrogen-bond donors (Lipinski definition) is 1. The first-order valence-corrected chi connectivity index (χ1v) is 10.8. The van der Waals surface area contributed by atoms with Gasteiger partial charge in [-0.05, 0) is 44.9 Å². The average Bonchev–Trinajstić information content (AvgIpc) is 3.33. The lowest BCUT2D eigenvalue weighted by atomic mass is 9.96. The third kappa shape index (κ3) is 5.63. The molecule has 1 saturated heterocycles. The molecule has 1 aliphatic heterocycles. The van der Waals surface area contributed by atoms with Gasteiger partial charge in [-0.2, -0.15) is 0 Å². The molecule has 33 heavy (non-hydrogen) atoms. The number of rotatable bonds is 8. The van der Waals surface area contributed by atoms with E-state index in [1.54, 1.807) is 44.1 Å². The molecule has 1 aromatic carbocycles. The van der Waals surface area contributed by atoms with Crippen LogP contribution in [0.25, 0.3) is 11.3 Å². The highest BCUT2D eigenvalue weighted by Crippen LogP contribution is 2.33. The molecule has 1 aliphatic rings. The zero-order valence-electron chi connectivity index (χ0n) is 19.3. The summed E-state index contributed by atoms with van der Waals surface area (Å²) in [5, 5.41) is 6.50. The van der Waals surface area contributed by atoms with Gasteiger partial charge in [-0.1, -0.05) is 5.16 Å². The van der Waals surface area contributed by atoms with E-state index in [0.29, 0.717) is 55.4 Å². The standard InChI is InChI=1S/C23H29N3O7/c1-5-32-23(29)15-8-10-26(11-9-15)22(28)14(2)24-21(27)18-13-20(33-25-18)17-12-16(30-3)6-7-19(17)31-4/h6-7,12-15H,5,8-11H2,1-4H3,(H,24,27). The Morgan fingerprint density at radius 2 is 1.91 bits per heavy atom. The molecule has 2 heterocycles. The van der Waals surface area contributed by atoms with Crippen LogP contribution in [-0.4, -0.2) is 67.8 Å². The first kappa shape index (κ1) is 24.1. The quantitative estimate of drug-likeness (QED) is 0.597. The van der Waals surface area contributed by atoms with Gasteiger partial charge in [-0.15, -0.1) is 0 Å². The minimum absolute atomic E-state index is 0.0375. The van der Waals surface area contributed by atoms with Crippen LogP contribution in [0.5, 0.6) is 11.5 Å². The molecule has 1 atom stereocenters. The van der Waals surface area contributed by atoms with E-state index in [-0.39, 0.29) is 23.5 Å². The molecule has 1 unspecified atom stereocenters. The second-order valence-corrected chi connectivity index (χ2v) is 7.69. The Hall–Kier alpha value is -3.56. The third-order valence-electron chi connectivity index (χ3n) is 5.56. The molecule has 0 saturated carbocycles. The van der Waals surface area contributed by atoms with Crippen LogP contribution in [0, 0.1) is 5.92 Å². The van der Waals surface area contributed by atoms with E-state index < -0.39 is 11.9 Å². The number of nitrogens with one attached hydrogen (secondary N) is 1. The summed E-state index contributed by atoms with van der Waals surface area (Å²) in [5.41, 5.74) is 0.618. The van der Waals surface area contributed by atoms with Crippen LogP contribution in [0.2, 0.25) is 0 Å². The molecule has 0 aliphatic carbocycles. The molecule has 3 rings (SSSR count). The number of carbonyl (C=O) groups is 3. The largest absolute Gasteiger partial charge is 0.497 e. The van der Waals surface area contributed by atoms with Gasteiger partial charge in [-0.25, -0.2) is 0 Å². The lowest BCUT2D eigenvalue weighted by molar-refractivity contribution is -0.151. The van der Waals surface area contributed by atoms with Crippen molar-refractivity contribution in [3.63, 3.8) is 0 Å². The Bertz CT molecular complexity index is 996. The van der Waals surface area contributed by atoms with Crippen molar-refractivity contribution in [2.24, 2.45) is 5.92 Å². The SMILES string of the molecule is CCOC(=O)C1CCN(C(=O)C(C)NC(=O)c2cc(-c3cc(OC)ccc3OC)on2)CC1. The van der Waals surface area contributed by atoms with Crippen LogP contribution < -0.4 is 14.8 Å². The van der Waals surface area contributed by atoms with Crippen LogP contribution in [0.15, 0.2) is 28.8 Å². The molecule has 0 spiro atoms. The molecular weight excluding hydrogens is 430 g/mol.